The molecule has 0 amide bonds. The van der Waals surface area contributed by atoms with Crippen LogP contribution in [-0.4, -0.2) is 13.1 Å². The zero-order valence-electron chi connectivity index (χ0n) is 10.1. The van der Waals surface area contributed by atoms with Crippen LogP contribution in [0.3, 0.4) is 0 Å². The molecule has 0 atom stereocenters. The van der Waals surface area contributed by atoms with Gasteiger partial charge in [-0.15, -0.1) is 6.42 Å². The Morgan fingerprint density at radius 2 is 2.24 bits per heavy atom. The summed E-state index contributed by atoms with van der Waals surface area (Å²) in [5.74, 6) is 3.44. The van der Waals surface area contributed by atoms with Crippen LogP contribution < -0.4 is 4.90 Å². The first-order chi connectivity index (χ1) is 8.24. The predicted molar refractivity (Wildman–Crippen MR) is 69.7 cm³/mol. The Labute approximate surface area is 103 Å². The van der Waals surface area contributed by atoms with Gasteiger partial charge in [0.05, 0.1) is 17.8 Å². The number of anilines is 1. The van der Waals surface area contributed by atoms with Crippen molar-refractivity contribution < 1.29 is 0 Å². The zero-order chi connectivity index (χ0) is 12.3. The van der Waals surface area contributed by atoms with Gasteiger partial charge in [0.1, 0.15) is 6.07 Å². The van der Waals surface area contributed by atoms with Crippen molar-refractivity contribution in [1.29, 1.82) is 5.26 Å². The normalized spacial score (nSPS) is 13.8. The first kappa shape index (κ1) is 11.6. The topological polar surface area (TPSA) is 27.0 Å². The molecule has 0 heterocycles. The summed E-state index contributed by atoms with van der Waals surface area (Å²) in [7, 11) is 0. The molecule has 1 aromatic rings. The van der Waals surface area contributed by atoms with Crippen LogP contribution >= 0.6 is 0 Å². The molecule has 0 radical (unpaired) electrons. The molecule has 0 unspecified atom stereocenters. The maximum absolute atomic E-state index is 9.18. The Bertz CT molecular complexity index is 487. The second-order valence-corrected chi connectivity index (χ2v) is 4.66. The van der Waals surface area contributed by atoms with Gasteiger partial charge in [-0.1, -0.05) is 12.0 Å². The molecule has 1 saturated carbocycles. The first-order valence-electron chi connectivity index (χ1n) is 5.93. The van der Waals surface area contributed by atoms with Crippen molar-refractivity contribution in [3.05, 3.63) is 29.3 Å². The van der Waals surface area contributed by atoms with Gasteiger partial charge in [0.2, 0.25) is 0 Å². The van der Waals surface area contributed by atoms with E-state index in [0.717, 1.165) is 29.3 Å². The van der Waals surface area contributed by atoms with Crippen molar-refractivity contribution in [2.24, 2.45) is 5.92 Å². The summed E-state index contributed by atoms with van der Waals surface area (Å²) in [6.07, 6.45) is 7.98. The third kappa shape index (κ3) is 2.80. The maximum atomic E-state index is 9.18. The smallest absolute Gasteiger partial charge is 0.101 e. The molecule has 17 heavy (non-hydrogen) atoms. The molecule has 0 bridgehead atoms. The third-order valence-electron chi connectivity index (χ3n) is 3.07. The number of rotatable bonds is 4. The lowest BCUT2D eigenvalue weighted by Gasteiger charge is -2.23. The fraction of sp³-hybridized carbons (Fsp3) is 0.400. The lowest BCUT2D eigenvalue weighted by atomic mass is 10.1. The average molecular weight is 224 g/mol. The summed E-state index contributed by atoms with van der Waals surface area (Å²) in [5, 5.41) is 9.18. The van der Waals surface area contributed by atoms with Crippen molar-refractivity contribution >= 4 is 5.69 Å². The van der Waals surface area contributed by atoms with Gasteiger partial charge < -0.3 is 4.90 Å². The van der Waals surface area contributed by atoms with Crippen LogP contribution in [0.4, 0.5) is 5.69 Å². The second-order valence-electron chi connectivity index (χ2n) is 4.66. The molecule has 0 aliphatic heterocycles. The highest BCUT2D eigenvalue weighted by molar-refractivity contribution is 5.61. The van der Waals surface area contributed by atoms with Crippen molar-refractivity contribution in [3.8, 4) is 18.4 Å². The Hall–Kier alpha value is -1.93. The Morgan fingerprint density at radius 1 is 1.47 bits per heavy atom. The SMILES string of the molecule is C#CCN(CC1CC1)c1ccc(C)cc1C#N. The lowest BCUT2D eigenvalue weighted by Crippen LogP contribution is -2.26. The van der Waals surface area contributed by atoms with Gasteiger partial charge >= 0.3 is 0 Å². The van der Waals surface area contributed by atoms with Gasteiger partial charge in [-0.25, -0.2) is 0 Å². The number of hydrogen-bond acceptors (Lipinski definition) is 2. The molecular weight excluding hydrogens is 208 g/mol. The molecule has 0 aromatic heterocycles. The highest BCUT2D eigenvalue weighted by Gasteiger charge is 2.25. The number of hydrogen-bond donors (Lipinski definition) is 0. The number of nitriles is 1. The largest absolute Gasteiger partial charge is 0.359 e. The minimum atomic E-state index is 0.578. The highest BCUT2D eigenvalue weighted by atomic mass is 15.1. The number of aryl methyl sites for hydroxylation is 1. The average Bonchev–Trinajstić information content (AvgIpc) is 3.12. The third-order valence-corrected chi connectivity index (χ3v) is 3.07. The van der Waals surface area contributed by atoms with Gasteiger partial charge in [0.25, 0.3) is 0 Å². The van der Waals surface area contributed by atoms with Crippen LogP contribution in [0, 0.1) is 36.5 Å². The van der Waals surface area contributed by atoms with Crippen molar-refractivity contribution in [1.82, 2.24) is 0 Å². The summed E-state index contributed by atoms with van der Waals surface area (Å²) in [4.78, 5) is 2.15. The van der Waals surface area contributed by atoms with Crippen LogP contribution in [0.2, 0.25) is 0 Å². The predicted octanol–water partition coefficient (Wildman–Crippen LogP) is 2.72. The minimum absolute atomic E-state index is 0.578. The summed E-state index contributed by atoms with van der Waals surface area (Å²) >= 11 is 0. The molecular formula is C15H16N2. The van der Waals surface area contributed by atoms with Crippen LogP contribution in [0.25, 0.3) is 0 Å². The van der Waals surface area contributed by atoms with E-state index in [1.807, 2.05) is 25.1 Å². The van der Waals surface area contributed by atoms with Crippen LogP contribution in [0.1, 0.15) is 24.0 Å². The van der Waals surface area contributed by atoms with Crippen molar-refractivity contribution in [2.75, 3.05) is 18.0 Å². The highest BCUT2D eigenvalue weighted by Crippen LogP contribution is 2.32. The van der Waals surface area contributed by atoms with Crippen LogP contribution in [0.15, 0.2) is 18.2 Å². The second kappa shape index (κ2) is 4.93. The Kier molecular flexibility index (Phi) is 3.35. The van der Waals surface area contributed by atoms with Gasteiger partial charge in [-0.05, 0) is 43.4 Å². The first-order valence-corrected chi connectivity index (χ1v) is 5.93. The van der Waals surface area contributed by atoms with E-state index in [4.69, 9.17) is 6.42 Å². The molecule has 0 N–H and O–H groups in total. The molecule has 0 saturated heterocycles. The molecule has 0 spiro atoms. The molecule has 1 aliphatic carbocycles. The van der Waals surface area contributed by atoms with E-state index in [2.05, 4.69) is 16.9 Å². The van der Waals surface area contributed by atoms with E-state index >= 15 is 0 Å². The van der Waals surface area contributed by atoms with Crippen LogP contribution in [0.5, 0.6) is 0 Å². The Balaban J connectivity index is 2.28. The summed E-state index contributed by atoms with van der Waals surface area (Å²) in [6, 6.07) is 8.22. The molecule has 2 heteroatoms. The summed E-state index contributed by atoms with van der Waals surface area (Å²) < 4.78 is 0. The van der Waals surface area contributed by atoms with Gasteiger partial charge in [-0.2, -0.15) is 5.26 Å². The Morgan fingerprint density at radius 3 is 2.82 bits per heavy atom. The molecule has 1 aliphatic rings. The molecule has 2 rings (SSSR count). The van der Waals surface area contributed by atoms with E-state index in [1.54, 1.807) is 0 Å². The van der Waals surface area contributed by atoms with E-state index < -0.39 is 0 Å². The number of nitrogens with zero attached hydrogens (tertiary/aromatic N) is 2. The molecule has 86 valence electrons. The maximum Gasteiger partial charge on any atom is 0.101 e. The lowest BCUT2D eigenvalue weighted by molar-refractivity contribution is 0.764. The molecule has 1 fully saturated rings. The van der Waals surface area contributed by atoms with E-state index in [0.29, 0.717) is 6.54 Å². The summed E-state index contributed by atoms with van der Waals surface area (Å²) in [5.41, 5.74) is 2.81. The van der Waals surface area contributed by atoms with Gasteiger partial charge in [0, 0.05) is 6.54 Å². The standard InChI is InChI=1S/C15H16N2/c1-3-8-17(11-13-5-6-13)15-7-4-12(2)9-14(15)10-16/h1,4,7,9,13H,5-6,8,11H2,2H3. The van der Waals surface area contributed by atoms with Crippen LogP contribution in [-0.2, 0) is 0 Å². The minimum Gasteiger partial charge on any atom is -0.359 e. The number of benzene rings is 1. The summed E-state index contributed by atoms with van der Waals surface area (Å²) in [6.45, 7) is 3.55. The molecule has 2 nitrogen and oxygen atoms in total. The van der Waals surface area contributed by atoms with E-state index in [1.165, 1.54) is 12.8 Å². The fourth-order valence-corrected chi connectivity index (χ4v) is 1.99. The zero-order valence-corrected chi connectivity index (χ0v) is 10.1. The van der Waals surface area contributed by atoms with Crippen molar-refractivity contribution in [3.63, 3.8) is 0 Å². The van der Waals surface area contributed by atoms with E-state index in [-0.39, 0.29) is 0 Å². The van der Waals surface area contributed by atoms with E-state index in [9.17, 15) is 5.26 Å². The fourth-order valence-electron chi connectivity index (χ4n) is 1.99. The quantitative estimate of drug-likeness (QED) is 0.735. The van der Waals surface area contributed by atoms with Gasteiger partial charge in [-0.3, -0.25) is 0 Å². The molecule has 1 aromatic carbocycles. The number of terminal acetylenes is 1. The van der Waals surface area contributed by atoms with Gasteiger partial charge in [0.15, 0.2) is 0 Å². The van der Waals surface area contributed by atoms with Crippen molar-refractivity contribution in [2.45, 2.75) is 19.8 Å². The monoisotopic (exact) mass is 224 g/mol.